The van der Waals surface area contributed by atoms with E-state index in [1.165, 1.54) is 38.6 Å². The molecular formula is C24H23ClFN3O6. The van der Waals surface area contributed by atoms with Crippen molar-refractivity contribution in [3.8, 4) is 17.5 Å². The van der Waals surface area contributed by atoms with E-state index in [1.54, 1.807) is 19.1 Å². The molecule has 184 valence electrons. The predicted octanol–water partition coefficient (Wildman–Crippen LogP) is 4.44. The van der Waals surface area contributed by atoms with Crippen molar-refractivity contribution in [3.63, 3.8) is 0 Å². The van der Waals surface area contributed by atoms with Crippen LogP contribution in [0.15, 0.2) is 48.7 Å². The van der Waals surface area contributed by atoms with Gasteiger partial charge in [-0.25, -0.2) is 9.37 Å². The van der Waals surface area contributed by atoms with Gasteiger partial charge in [0, 0.05) is 36.5 Å². The molecule has 0 fully saturated rings. The average molecular weight is 504 g/mol. The van der Waals surface area contributed by atoms with E-state index >= 15 is 0 Å². The number of ether oxygens (including phenoxy) is 4. The minimum absolute atomic E-state index is 0.0136. The van der Waals surface area contributed by atoms with Gasteiger partial charge in [-0.05, 0) is 30.7 Å². The molecular weight excluding hydrogens is 481 g/mol. The monoisotopic (exact) mass is 503 g/mol. The van der Waals surface area contributed by atoms with Gasteiger partial charge in [-0.2, -0.15) is 4.98 Å². The summed E-state index contributed by atoms with van der Waals surface area (Å²) in [5, 5.41) is 2.80. The van der Waals surface area contributed by atoms with Gasteiger partial charge < -0.3 is 24.3 Å². The van der Waals surface area contributed by atoms with Gasteiger partial charge in [0.1, 0.15) is 23.5 Å². The van der Waals surface area contributed by atoms with E-state index in [0.29, 0.717) is 5.56 Å². The third-order valence-electron chi connectivity index (χ3n) is 4.46. The van der Waals surface area contributed by atoms with Gasteiger partial charge in [-0.1, -0.05) is 17.7 Å². The molecule has 1 aromatic carbocycles. The van der Waals surface area contributed by atoms with Crippen LogP contribution in [-0.2, 0) is 20.7 Å². The Hall–Kier alpha value is -3.76. The minimum Gasteiger partial charge on any atom is -0.472 e. The van der Waals surface area contributed by atoms with Crippen molar-refractivity contribution < 1.29 is 32.9 Å². The van der Waals surface area contributed by atoms with Crippen LogP contribution in [0.1, 0.15) is 22.8 Å². The second-order valence-electron chi connectivity index (χ2n) is 7.38. The highest BCUT2D eigenvalue weighted by Gasteiger charge is 2.16. The number of pyridine rings is 2. The Kier molecular flexibility index (Phi) is 8.93. The van der Waals surface area contributed by atoms with Crippen LogP contribution in [0.25, 0.3) is 0 Å². The molecule has 0 bridgehead atoms. The molecule has 3 rings (SSSR count). The van der Waals surface area contributed by atoms with E-state index in [9.17, 15) is 14.0 Å². The molecule has 0 aliphatic heterocycles. The number of hydrogen-bond acceptors (Lipinski definition) is 8. The fourth-order valence-electron chi connectivity index (χ4n) is 2.94. The number of carbonyl (C=O) groups excluding carboxylic acids is 2. The van der Waals surface area contributed by atoms with E-state index in [4.69, 9.17) is 25.8 Å². The largest absolute Gasteiger partial charge is 0.472 e. The predicted molar refractivity (Wildman–Crippen MR) is 126 cm³/mol. The van der Waals surface area contributed by atoms with Crippen LogP contribution >= 0.6 is 11.6 Å². The Balaban J connectivity index is 1.83. The maximum absolute atomic E-state index is 13.7. The third kappa shape index (κ3) is 7.90. The van der Waals surface area contributed by atoms with E-state index in [0.717, 1.165) is 12.1 Å². The molecule has 2 heterocycles. The van der Waals surface area contributed by atoms with Gasteiger partial charge >= 0.3 is 5.97 Å². The molecule has 35 heavy (non-hydrogen) atoms. The number of anilines is 1. The lowest BCUT2D eigenvalue weighted by Gasteiger charge is -2.15. The smallest absolute Gasteiger partial charge is 0.310 e. The second kappa shape index (κ2) is 12.1. The summed E-state index contributed by atoms with van der Waals surface area (Å²) in [6.45, 7) is 2.06. The first kappa shape index (κ1) is 25.9. The van der Waals surface area contributed by atoms with Crippen molar-refractivity contribution >= 4 is 29.3 Å². The van der Waals surface area contributed by atoms with Crippen LogP contribution in [0.3, 0.4) is 0 Å². The van der Waals surface area contributed by atoms with Gasteiger partial charge in [0.2, 0.25) is 11.8 Å². The van der Waals surface area contributed by atoms with Gasteiger partial charge in [0.25, 0.3) is 5.91 Å². The second-order valence-corrected chi connectivity index (χ2v) is 7.82. The van der Waals surface area contributed by atoms with E-state index in [2.05, 4.69) is 20.0 Å². The van der Waals surface area contributed by atoms with Gasteiger partial charge in [-0.3, -0.25) is 9.59 Å². The molecule has 2 aromatic heterocycles. The molecule has 11 heteroatoms. The van der Waals surface area contributed by atoms with Crippen molar-refractivity contribution in [1.29, 1.82) is 0 Å². The summed E-state index contributed by atoms with van der Waals surface area (Å²) in [5.41, 5.74) is 0.781. The van der Waals surface area contributed by atoms with Crippen LogP contribution < -0.4 is 14.8 Å². The number of esters is 1. The first-order valence-corrected chi connectivity index (χ1v) is 10.8. The number of halogens is 2. The Morgan fingerprint density at radius 2 is 1.89 bits per heavy atom. The highest BCUT2D eigenvalue weighted by molar-refractivity contribution is 6.30. The summed E-state index contributed by atoms with van der Waals surface area (Å²) < 4.78 is 34.8. The number of hydrogen-bond donors (Lipinski definition) is 1. The number of amides is 1. The molecule has 0 radical (unpaired) electrons. The van der Waals surface area contributed by atoms with Crippen molar-refractivity contribution in [2.24, 2.45) is 0 Å². The Bertz CT molecular complexity index is 1170. The Labute approximate surface area is 206 Å². The van der Waals surface area contributed by atoms with Crippen LogP contribution in [0.4, 0.5) is 10.2 Å². The lowest BCUT2D eigenvalue weighted by molar-refractivity contribution is -0.139. The molecule has 1 amide bonds. The zero-order valence-corrected chi connectivity index (χ0v) is 20.0. The highest BCUT2D eigenvalue weighted by atomic mass is 35.5. The molecule has 0 spiro atoms. The molecule has 0 saturated heterocycles. The van der Waals surface area contributed by atoms with Crippen molar-refractivity contribution in [2.45, 2.75) is 19.4 Å². The summed E-state index contributed by atoms with van der Waals surface area (Å²) in [6.07, 6.45) is 1.15. The van der Waals surface area contributed by atoms with Crippen LogP contribution in [0.2, 0.25) is 5.02 Å². The molecule has 9 nitrogen and oxygen atoms in total. The van der Waals surface area contributed by atoms with Crippen LogP contribution in [0, 0.1) is 5.82 Å². The van der Waals surface area contributed by atoms with Crippen molar-refractivity contribution in [3.05, 3.63) is 70.6 Å². The van der Waals surface area contributed by atoms with Crippen LogP contribution in [-0.4, -0.2) is 48.8 Å². The van der Waals surface area contributed by atoms with Gasteiger partial charge in [-0.15, -0.1) is 0 Å². The first-order valence-electron chi connectivity index (χ1n) is 10.4. The fourth-order valence-corrected chi connectivity index (χ4v) is 3.15. The number of methoxy groups -OCH3 is 2. The fraction of sp³-hybridized carbons (Fsp3) is 0.250. The van der Waals surface area contributed by atoms with E-state index in [1.807, 2.05) is 0 Å². The zero-order valence-electron chi connectivity index (χ0n) is 19.2. The maximum Gasteiger partial charge on any atom is 0.310 e. The quantitative estimate of drug-likeness (QED) is 0.404. The number of nitrogens with zero attached hydrogens (tertiary/aromatic N) is 2. The van der Waals surface area contributed by atoms with E-state index < -0.39 is 17.7 Å². The lowest BCUT2D eigenvalue weighted by Crippen LogP contribution is -2.19. The van der Waals surface area contributed by atoms with Gasteiger partial charge in [0.15, 0.2) is 0 Å². The number of rotatable bonds is 10. The first-order chi connectivity index (χ1) is 16.7. The summed E-state index contributed by atoms with van der Waals surface area (Å²) in [6, 6.07) is 9.68. The SMILES string of the molecule is COC[C@@H](C)Oc1cc(C(=O)Nc2ccc(CC(=O)OC)cn2)cc(Oc2cc(F)cc(Cl)c2)n1. The lowest BCUT2D eigenvalue weighted by atomic mass is 10.2. The minimum atomic E-state index is -0.590. The summed E-state index contributed by atoms with van der Waals surface area (Å²) in [4.78, 5) is 32.7. The zero-order chi connectivity index (χ0) is 25.4. The number of benzene rings is 1. The molecule has 0 aliphatic carbocycles. The summed E-state index contributed by atoms with van der Waals surface area (Å²) >= 11 is 5.89. The van der Waals surface area contributed by atoms with Crippen LogP contribution in [0.5, 0.6) is 17.5 Å². The normalized spacial score (nSPS) is 11.5. The topological polar surface area (TPSA) is 109 Å². The Morgan fingerprint density at radius 3 is 2.54 bits per heavy atom. The van der Waals surface area contributed by atoms with Crippen molar-refractivity contribution in [1.82, 2.24) is 9.97 Å². The standard InChI is InChI=1S/C24H23ClFN3O6/c1-14(13-32-2)34-21-7-16(8-22(29-21)35-19-10-17(25)9-18(26)11-19)24(31)28-20-5-4-15(12-27-20)6-23(30)33-3/h4-5,7-12,14H,6,13H2,1-3H3,(H,27,28,31)/t14-/m1/s1. The van der Waals surface area contributed by atoms with E-state index in [-0.39, 0.29) is 53.0 Å². The Morgan fingerprint density at radius 1 is 1.11 bits per heavy atom. The molecule has 1 N–H and O–H groups in total. The number of nitrogens with one attached hydrogen (secondary N) is 1. The summed E-state index contributed by atoms with van der Waals surface area (Å²) in [7, 11) is 2.83. The maximum atomic E-state index is 13.7. The molecule has 0 aliphatic rings. The summed E-state index contributed by atoms with van der Waals surface area (Å²) in [5.74, 6) is -1.07. The highest BCUT2D eigenvalue weighted by Crippen LogP contribution is 2.27. The average Bonchev–Trinajstić information content (AvgIpc) is 2.79. The van der Waals surface area contributed by atoms with Gasteiger partial charge in [0.05, 0.1) is 25.7 Å². The molecule has 3 aromatic rings. The molecule has 0 unspecified atom stereocenters. The number of aromatic nitrogens is 2. The van der Waals surface area contributed by atoms with Crippen molar-refractivity contribution in [2.75, 3.05) is 26.1 Å². The molecule has 1 atom stereocenters. The third-order valence-corrected chi connectivity index (χ3v) is 4.68. The number of carbonyl (C=O) groups is 2. The molecule has 0 saturated carbocycles.